The molecular formula is C42H45N7O11. The van der Waals surface area contributed by atoms with Crippen molar-refractivity contribution in [3.63, 3.8) is 0 Å². The van der Waals surface area contributed by atoms with Crippen molar-refractivity contribution in [1.29, 1.82) is 0 Å². The van der Waals surface area contributed by atoms with Gasteiger partial charge in [-0.3, -0.25) is 24.5 Å². The Balaban J connectivity index is 0.958. The van der Waals surface area contributed by atoms with Gasteiger partial charge in [0.2, 0.25) is 11.4 Å². The molecule has 0 fully saturated rings. The van der Waals surface area contributed by atoms with Gasteiger partial charge in [-0.15, -0.1) is 0 Å². The first kappa shape index (κ1) is 43.9. The molecule has 5 aromatic rings. The van der Waals surface area contributed by atoms with Gasteiger partial charge in [0.1, 0.15) is 24.0 Å². The minimum absolute atomic E-state index is 0.0134. The van der Waals surface area contributed by atoms with Gasteiger partial charge in [-0.2, -0.15) is 0 Å². The Bertz CT molecular complexity index is 2420. The van der Waals surface area contributed by atoms with E-state index in [0.29, 0.717) is 53.6 Å². The Morgan fingerprint density at radius 3 is 2.45 bits per heavy atom. The lowest BCUT2D eigenvalue weighted by Gasteiger charge is -2.21. The number of hydrogen-bond acceptors (Lipinski definition) is 15. The number of ether oxygens (including phenoxy) is 2. The number of non-ortho nitro benzene ring substituents is 1. The first-order chi connectivity index (χ1) is 29.1. The quantitative estimate of drug-likeness (QED) is 0.0103. The lowest BCUT2D eigenvalue weighted by Crippen LogP contribution is -2.31. The van der Waals surface area contributed by atoms with Crippen LogP contribution in [-0.2, 0) is 23.9 Å². The summed E-state index contributed by atoms with van der Waals surface area (Å²) in [5.41, 5.74) is 2.49. The molecule has 0 saturated carbocycles. The van der Waals surface area contributed by atoms with Crippen LogP contribution in [0.3, 0.4) is 0 Å². The van der Waals surface area contributed by atoms with Crippen molar-refractivity contribution in [1.82, 2.24) is 15.6 Å². The standard InChI is InChI=1S/C42H45N7O11/c1-3-48(4-2)32-16-13-30-26-33(42(54)59-36(30)27-32)40(52)44-21-23-57-24-25-58-41(53)29(19-22-50)12-9-28-10-14-31(15-11-28)45-37(51)8-6-5-7-20-43-34-17-18-35(49(55)56)39-38(34)46-60-47-39/h9-19,22,26-27,43H,3-8,20-21,23-25H2,1-2H3,(H,44,52)(H,45,51). The van der Waals surface area contributed by atoms with Gasteiger partial charge >= 0.3 is 17.3 Å². The van der Waals surface area contributed by atoms with Crippen LogP contribution in [0, 0.1) is 10.1 Å². The fourth-order valence-electron chi connectivity index (χ4n) is 6.06. The summed E-state index contributed by atoms with van der Waals surface area (Å²) in [6.45, 7) is 6.31. The van der Waals surface area contributed by atoms with Crippen LogP contribution in [-0.4, -0.2) is 85.3 Å². The zero-order chi connectivity index (χ0) is 42.9. The number of nitro groups is 1. The van der Waals surface area contributed by atoms with E-state index in [1.165, 1.54) is 18.2 Å². The third-order valence-corrected chi connectivity index (χ3v) is 9.21. The molecule has 314 valence electrons. The number of aldehydes is 1. The number of unbranched alkanes of at least 4 members (excludes halogenated alkanes) is 2. The number of aromatic nitrogens is 2. The first-order valence-electron chi connectivity index (χ1n) is 19.3. The second-order valence-corrected chi connectivity index (χ2v) is 13.2. The first-order valence-corrected chi connectivity index (χ1v) is 19.3. The van der Waals surface area contributed by atoms with Gasteiger partial charge in [0, 0.05) is 61.5 Å². The summed E-state index contributed by atoms with van der Waals surface area (Å²) >= 11 is 0. The van der Waals surface area contributed by atoms with E-state index in [1.807, 2.05) is 19.9 Å². The average molecular weight is 824 g/mol. The fraction of sp³-hybridized carbons (Fsp3) is 0.310. The van der Waals surface area contributed by atoms with Crippen molar-refractivity contribution in [2.24, 2.45) is 0 Å². The number of carbonyl (C=O) groups is 4. The third kappa shape index (κ3) is 12.2. The molecular weight excluding hydrogens is 778 g/mol. The molecule has 18 heteroatoms. The van der Waals surface area contributed by atoms with E-state index in [1.54, 1.807) is 48.5 Å². The maximum Gasteiger partial charge on any atom is 0.349 e. The van der Waals surface area contributed by atoms with Gasteiger partial charge in [-0.1, -0.05) is 24.6 Å². The van der Waals surface area contributed by atoms with Crippen molar-refractivity contribution in [3.8, 4) is 0 Å². The monoisotopic (exact) mass is 823 g/mol. The predicted molar refractivity (Wildman–Crippen MR) is 224 cm³/mol. The van der Waals surface area contributed by atoms with Crippen LogP contribution in [0.1, 0.15) is 55.5 Å². The summed E-state index contributed by atoms with van der Waals surface area (Å²) in [6.07, 6.45) is 7.08. The van der Waals surface area contributed by atoms with Crippen LogP contribution in [0.15, 0.2) is 92.2 Å². The number of carbonyl (C=O) groups excluding carboxylic acids is 4. The van der Waals surface area contributed by atoms with Crippen LogP contribution in [0.4, 0.5) is 22.7 Å². The van der Waals surface area contributed by atoms with Gasteiger partial charge in [0.25, 0.3) is 5.91 Å². The lowest BCUT2D eigenvalue weighted by atomic mass is 10.1. The molecule has 2 heterocycles. The molecule has 0 spiro atoms. The summed E-state index contributed by atoms with van der Waals surface area (Å²) in [7, 11) is 0. The van der Waals surface area contributed by atoms with E-state index < -0.39 is 22.4 Å². The van der Waals surface area contributed by atoms with Gasteiger partial charge in [0.15, 0.2) is 5.52 Å². The Morgan fingerprint density at radius 2 is 1.70 bits per heavy atom. The third-order valence-electron chi connectivity index (χ3n) is 9.21. The number of nitrogens with one attached hydrogen (secondary N) is 3. The molecule has 0 atom stereocenters. The van der Waals surface area contributed by atoms with E-state index >= 15 is 0 Å². The molecule has 3 N–H and O–H groups in total. The SMILES string of the molecule is CCN(CC)c1ccc2cc(C(=O)NCCOCCOC(=O)C(C=Cc3ccc(NC(=O)CCCCCNc4ccc([N+](=O)[O-])c5nonc45)cc3)=CC=O)c(=O)oc2c1. The molecule has 2 amide bonds. The molecule has 0 aliphatic rings. The van der Waals surface area contributed by atoms with Crippen LogP contribution in [0.25, 0.3) is 28.1 Å². The van der Waals surface area contributed by atoms with Gasteiger partial charge in [0.05, 0.1) is 29.4 Å². The van der Waals surface area contributed by atoms with E-state index in [2.05, 4.69) is 35.8 Å². The Labute approximate surface area is 343 Å². The predicted octanol–water partition coefficient (Wildman–Crippen LogP) is 5.82. The Morgan fingerprint density at radius 1 is 0.917 bits per heavy atom. The summed E-state index contributed by atoms with van der Waals surface area (Å²) in [5, 5.41) is 27.8. The Kier molecular flexibility index (Phi) is 16.2. The highest BCUT2D eigenvalue weighted by molar-refractivity contribution is 5.98. The van der Waals surface area contributed by atoms with Crippen LogP contribution < -0.4 is 26.5 Å². The topological polar surface area (TPSA) is 238 Å². The molecule has 0 unspecified atom stereocenters. The summed E-state index contributed by atoms with van der Waals surface area (Å²) < 4.78 is 20.8. The van der Waals surface area contributed by atoms with Crippen molar-refractivity contribution in [3.05, 3.63) is 110 Å². The number of hydrogen-bond donors (Lipinski definition) is 3. The van der Waals surface area contributed by atoms with Crippen molar-refractivity contribution in [2.75, 3.05) is 61.5 Å². The van der Waals surface area contributed by atoms with Crippen molar-refractivity contribution >= 4 is 74.9 Å². The molecule has 60 heavy (non-hydrogen) atoms. The normalized spacial score (nSPS) is 11.5. The maximum absolute atomic E-state index is 12.7. The number of esters is 1. The number of benzene rings is 3. The zero-order valence-electron chi connectivity index (χ0n) is 33.1. The summed E-state index contributed by atoms with van der Waals surface area (Å²) in [4.78, 5) is 74.2. The molecule has 0 bridgehead atoms. The number of nitro benzene ring substituents is 1. The Hall–Kier alpha value is -7.21. The number of amides is 2. The second kappa shape index (κ2) is 22.1. The number of nitrogens with zero attached hydrogens (tertiary/aromatic N) is 4. The summed E-state index contributed by atoms with van der Waals surface area (Å²) in [5.74, 6) is -1.49. The van der Waals surface area contributed by atoms with E-state index in [4.69, 9.17) is 13.9 Å². The second-order valence-electron chi connectivity index (χ2n) is 13.2. The van der Waals surface area contributed by atoms with E-state index in [0.717, 1.165) is 37.7 Å². The molecule has 0 aliphatic heterocycles. The minimum atomic E-state index is -0.747. The van der Waals surface area contributed by atoms with Crippen molar-refractivity contribution in [2.45, 2.75) is 39.5 Å². The molecule has 5 rings (SSSR count). The van der Waals surface area contributed by atoms with E-state index in [-0.39, 0.29) is 60.1 Å². The van der Waals surface area contributed by atoms with Gasteiger partial charge in [-0.05, 0) is 91.1 Å². The van der Waals surface area contributed by atoms with Gasteiger partial charge in [-0.25, -0.2) is 14.2 Å². The summed E-state index contributed by atoms with van der Waals surface area (Å²) in [6, 6.07) is 16.8. The molecule has 0 radical (unpaired) electrons. The molecule has 2 aromatic heterocycles. The lowest BCUT2D eigenvalue weighted by molar-refractivity contribution is -0.383. The van der Waals surface area contributed by atoms with Gasteiger partial charge < -0.3 is 34.7 Å². The number of fused-ring (bicyclic) bond motifs is 2. The number of allylic oxidation sites excluding steroid dienone is 1. The largest absolute Gasteiger partial charge is 0.460 e. The average Bonchev–Trinajstić information content (AvgIpc) is 3.74. The molecule has 18 nitrogen and oxygen atoms in total. The highest BCUT2D eigenvalue weighted by Gasteiger charge is 2.19. The zero-order valence-corrected chi connectivity index (χ0v) is 33.1. The van der Waals surface area contributed by atoms with Crippen molar-refractivity contribution < 1.29 is 42.6 Å². The van der Waals surface area contributed by atoms with Crippen LogP contribution in [0.5, 0.6) is 0 Å². The van der Waals surface area contributed by atoms with Crippen LogP contribution >= 0.6 is 0 Å². The minimum Gasteiger partial charge on any atom is -0.460 e. The maximum atomic E-state index is 12.7. The van der Waals surface area contributed by atoms with Crippen LogP contribution in [0.2, 0.25) is 0 Å². The number of anilines is 3. The molecule has 0 aliphatic carbocycles. The highest BCUT2D eigenvalue weighted by Crippen LogP contribution is 2.29. The number of rotatable bonds is 23. The fourth-order valence-corrected chi connectivity index (χ4v) is 6.06. The smallest absolute Gasteiger partial charge is 0.349 e. The molecule has 0 saturated heterocycles. The highest BCUT2D eigenvalue weighted by atomic mass is 16.6. The van der Waals surface area contributed by atoms with E-state index in [9.17, 15) is 34.1 Å². The molecule has 3 aromatic carbocycles.